The van der Waals surface area contributed by atoms with Crippen LogP contribution in [-0.2, 0) is 4.79 Å². The Balaban J connectivity index is 2.20. The van der Waals surface area contributed by atoms with Crippen LogP contribution in [0.1, 0.15) is 26.2 Å². The number of carbonyl (C=O) groups is 1. The van der Waals surface area contributed by atoms with E-state index in [0.717, 1.165) is 32.5 Å². The van der Waals surface area contributed by atoms with E-state index >= 15 is 0 Å². The van der Waals surface area contributed by atoms with E-state index in [2.05, 4.69) is 11.5 Å². The molecule has 1 heterocycles. The molecule has 0 saturated carbocycles. The zero-order valence-corrected chi connectivity index (χ0v) is 8.83. The fourth-order valence-electron chi connectivity index (χ4n) is 1.88. The van der Waals surface area contributed by atoms with Crippen LogP contribution in [0.4, 0.5) is 0 Å². The lowest BCUT2D eigenvalue weighted by Gasteiger charge is -2.15. The van der Waals surface area contributed by atoms with Crippen molar-refractivity contribution in [1.82, 2.24) is 4.90 Å². The number of aliphatic carboxylic acids is 1. The number of hydrogen-bond acceptors (Lipinski definition) is 2. The Hall–Kier alpha value is -0.830. The van der Waals surface area contributed by atoms with Crippen LogP contribution in [-0.4, -0.2) is 35.6 Å². The summed E-state index contributed by atoms with van der Waals surface area (Å²) in [6.45, 7) is 8.92. The molecule has 1 aliphatic heterocycles. The quantitative estimate of drug-likeness (QED) is 0.683. The average Bonchev–Trinajstić information content (AvgIpc) is 2.47. The minimum Gasteiger partial charge on any atom is -0.481 e. The van der Waals surface area contributed by atoms with Gasteiger partial charge in [0.15, 0.2) is 0 Å². The summed E-state index contributed by atoms with van der Waals surface area (Å²) in [5, 5.41) is 8.65. The van der Waals surface area contributed by atoms with Gasteiger partial charge in [0.25, 0.3) is 0 Å². The van der Waals surface area contributed by atoms with Crippen LogP contribution in [0.25, 0.3) is 0 Å². The van der Waals surface area contributed by atoms with Crippen LogP contribution in [0.15, 0.2) is 12.2 Å². The Morgan fingerprint density at radius 3 is 2.93 bits per heavy atom. The summed E-state index contributed by atoms with van der Waals surface area (Å²) in [6.07, 6.45) is 2.38. The van der Waals surface area contributed by atoms with Gasteiger partial charge in [-0.3, -0.25) is 4.79 Å². The van der Waals surface area contributed by atoms with Crippen LogP contribution in [0.3, 0.4) is 0 Å². The van der Waals surface area contributed by atoms with Gasteiger partial charge >= 0.3 is 5.97 Å². The lowest BCUT2D eigenvalue weighted by atomic mass is 10.1. The molecule has 1 saturated heterocycles. The summed E-state index contributed by atoms with van der Waals surface area (Å²) in [5.41, 5.74) is 1.20. The summed E-state index contributed by atoms with van der Waals surface area (Å²) in [7, 11) is 0. The van der Waals surface area contributed by atoms with Gasteiger partial charge in [0.05, 0.1) is 0 Å². The summed E-state index contributed by atoms with van der Waals surface area (Å²) < 4.78 is 0. The van der Waals surface area contributed by atoms with Crippen molar-refractivity contribution >= 4 is 5.97 Å². The van der Waals surface area contributed by atoms with E-state index in [1.807, 2.05) is 6.92 Å². The van der Waals surface area contributed by atoms with E-state index < -0.39 is 5.97 Å². The van der Waals surface area contributed by atoms with E-state index in [4.69, 9.17) is 5.11 Å². The minimum atomic E-state index is -0.670. The first-order valence-corrected chi connectivity index (χ1v) is 5.16. The molecule has 0 amide bonds. The number of carboxylic acid groups (broad SMARTS) is 1. The van der Waals surface area contributed by atoms with Crippen molar-refractivity contribution in [3.8, 4) is 0 Å². The highest BCUT2D eigenvalue weighted by Crippen LogP contribution is 2.19. The summed E-state index contributed by atoms with van der Waals surface area (Å²) in [6, 6.07) is 0. The molecule has 0 aromatic carbocycles. The van der Waals surface area contributed by atoms with Gasteiger partial charge in [0.2, 0.25) is 0 Å². The van der Waals surface area contributed by atoms with Crippen molar-refractivity contribution in [1.29, 1.82) is 0 Å². The van der Waals surface area contributed by atoms with E-state index in [0.29, 0.717) is 12.3 Å². The zero-order chi connectivity index (χ0) is 10.6. The van der Waals surface area contributed by atoms with E-state index in [1.54, 1.807) is 0 Å². The summed E-state index contributed by atoms with van der Waals surface area (Å²) >= 11 is 0. The van der Waals surface area contributed by atoms with Crippen LogP contribution >= 0.6 is 0 Å². The monoisotopic (exact) mass is 197 g/mol. The molecular weight excluding hydrogens is 178 g/mol. The number of nitrogens with zero attached hydrogens (tertiary/aromatic N) is 1. The van der Waals surface area contributed by atoms with Gasteiger partial charge in [-0.05, 0) is 32.2 Å². The smallest absolute Gasteiger partial charge is 0.303 e. The van der Waals surface area contributed by atoms with Crippen molar-refractivity contribution in [2.45, 2.75) is 26.2 Å². The third kappa shape index (κ3) is 3.92. The van der Waals surface area contributed by atoms with Gasteiger partial charge in [-0.15, -0.1) is 6.58 Å². The Kier molecular flexibility index (Phi) is 4.14. The molecule has 1 rings (SSSR count). The highest BCUT2D eigenvalue weighted by atomic mass is 16.4. The lowest BCUT2D eigenvalue weighted by molar-refractivity contribution is -0.138. The van der Waals surface area contributed by atoms with E-state index in [9.17, 15) is 4.79 Å². The highest BCUT2D eigenvalue weighted by molar-refractivity contribution is 5.67. The van der Waals surface area contributed by atoms with Crippen molar-refractivity contribution in [3.05, 3.63) is 12.2 Å². The minimum absolute atomic E-state index is 0.323. The van der Waals surface area contributed by atoms with E-state index in [1.165, 1.54) is 5.57 Å². The maximum Gasteiger partial charge on any atom is 0.303 e. The number of rotatable bonds is 5. The predicted molar refractivity (Wildman–Crippen MR) is 56.2 cm³/mol. The molecule has 14 heavy (non-hydrogen) atoms. The number of carboxylic acids is 1. The average molecular weight is 197 g/mol. The standard InChI is InChI=1S/C11H19NO2/c1-9(2)3-5-12-6-4-10(8-12)7-11(13)14/h10H,1,3-8H2,2H3,(H,13,14). The Morgan fingerprint density at radius 2 is 2.36 bits per heavy atom. The summed E-state index contributed by atoms with van der Waals surface area (Å²) in [4.78, 5) is 12.8. The Morgan fingerprint density at radius 1 is 1.64 bits per heavy atom. The molecule has 0 bridgehead atoms. The first-order chi connectivity index (χ1) is 6.58. The molecule has 0 spiro atoms. The number of likely N-dealkylation sites (tertiary alicyclic amines) is 1. The molecule has 3 heteroatoms. The van der Waals surface area contributed by atoms with Gasteiger partial charge in [-0.25, -0.2) is 0 Å². The molecule has 1 atom stereocenters. The normalized spacial score (nSPS) is 22.5. The second kappa shape index (κ2) is 5.15. The first-order valence-electron chi connectivity index (χ1n) is 5.16. The van der Waals surface area contributed by atoms with Crippen molar-refractivity contribution in [3.63, 3.8) is 0 Å². The largest absolute Gasteiger partial charge is 0.481 e. The molecule has 1 aliphatic rings. The van der Waals surface area contributed by atoms with Gasteiger partial charge in [0, 0.05) is 19.5 Å². The van der Waals surface area contributed by atoms with E-state index in [-0.39, 0.29) is 0 Å². The maximum atomic E-state index is 10.5. The SMILES string of the molecule is C=C(C)CCN1CCC(CC(=O)O)C1. The first kappa shape index (κ1) is 11.2. The second-order valence-electron chi connectivity index (χ2n) is 4.26. The molecular formula is C11H19NO2. The van der Waals surface area contributed by atoms with Gasteiger partial charge in [-0.2, -0.15) is 0 Å². The fourth-order valence-corrected chi connectivity index (χ4v) is 1.88. The molecule has 0 radical (unpaired) electrons. The topological polar surface area (TPSA) is 40.5 Å². The summed E-state index contributed by atoms with van der Waals surface area (Å²) in [5.74, 6) is -0.311. The molecule has 80 valence electrons. The molecule has 0 aromatic rings. The zero-order valence-electron chi connectivity index (χ0n) is 8.83. The Labute approximate surface area is 85.4 Å². The highest BCUT2D eigenvalue weighted by Gasteiger charge is 2.23. The predicted octanol–water partition coefficient (Wildman–Crippen LogP) is 1.75. The van der Waals surface area contributed by atoms with Crippen LogP contribution in [0.2, 0.25) is 0 Å². The lowest BCUT2D eigenvalue weighted by Crippen LogP contribution is -2.22. The molecule has 3 nitrogen and oxygen atoms in total. The third-order valence-corrected chi connectivity index (χ3v) is 2.69. The van der Waals surface area contributed by atoms with Gasteiger partial charge in [0.1, 0.15) is 0 Å². The van der Waals surface area contributed by atoms with Gasteiger partial charge in [-0.1, -0.05) is 5.57 Å². The fraction of sp³-hybridized carbons (Fsp3) is 0.727. The Bertz CT molecular complexity index is 225. The van der Waals surface area contributed by atoms with Gasteiger partial charge < -0.3 is 10.0 Å². The van der Waals surface area contributed by atoms with Crippen molar-refractivity contribution in [2.24, 2.45) is 5.92 Å². The van der Waals surface area contributed by atoms with Crippen molar-refractivity contribution < 1.29 is 9.90 Å². The van der Waals surface area contributed by atoms with Crippen LogP contribution in [0, 0.1) is 5.92 Å². The van der Waals surface area contributed by atoms with Crippen molar-refractivity contribution in [2.75, 3.05) is 19.6 Å². The molecule has 1 N–H and O–H groups in total. The van der Waals surface area contributed by atoms with Crippen LogP contribution < -0.4 is 0 Å². The molecule has 0 aliphatic carbocycles. The maximum absolute atomic E-state index is 10.5. The third-order valence-electron chi connectivity index (χ3n) is 2.69. The number of hydrogen-bond donors (Lipinski definition) is 1. The molecule has 1 unspecified atom stereocenters. The molecule has 0 aromatic heterocycles. The van der Waals surface area contributed by atoms with Crippen LogP contribution in [0.5, 0.6) is 0 Å². The second-order valence-corrected chi connectivity index (χ2v) is 4.26. The molecule has 1 fully saturated rings.